The maximum Gasteiger partial charge on any atom is 0.0526 e. The van der Waals surface area contributed by atoms with Crippen molar-refractivity contribution >= 4 is 10.9 Å². The summed E-state index contributed by atoms with van der Waals surface area (Å²) in [5.74, 6) is 0. The molecule has 0 aliphatic carbocycles. The smallest absolute Gasteiger partial charge is 0.0526 e. The number of rotatable bonds is 5. The van der Waals surface area contributed by atoms with Crippen molar-refractivity contribution in [3.63, 3.8) is 0 Å². The fraction of sp³-hybridized carbons (Fsp3) is 0.429. The summed E-state index contributed by atoms with van der Waals surface area (Å²) in [6, 6.07) is 8.62. The van der Waals surface area contributed by atoms with Crippen LogP contribution in [0, 0.1) is 0 Å². The zero-order chi connectivity index (χ0) is 12.3. The van der Waals surface area contributed by atoms with Crippen molar-refractivity contribution in [2.45, 2.75) is 39.0 Å². The zero-order valence-electron chi connectivity index (χ0n) is 10.4. The fourth-order valence-electron chi connectivity index (χ4n) is 2.16. The third-order valence-electron chi connectivity index (χ3n) is 3.01. The Kier molecular flexibility index (Phi) is 3.82. The lowest BCUT2D eigenvalue weighted by molar-refractivity contribution is 0.170. The van der Waals surface area contributed by atoms with Gasteiger partial charge < -0.3 is 15.4 Å². The summed E-state index contributed by atoms with van der Waals surface area (Å²) in [6.45, 7) is 4.75. The molecule has 92 valence electrons. The molecule has 2 unspecified atom stereocenters. The molecule has 0 bridgehead atoms. The number of aliphatic hydroxyl groups is 1. The topological polar surface area (TPSA) is 48.0 Å². The first kappa shape index (κ1) is 12.1. The van der Waals surface area contributed by atoms with Crippen molar-refractivity contribution in [3.05, 3.63) is 36.0 Å². The van der Waals surface area contributed by atoms with Gasteiger partial charge in [0.15, 0.2) is 0 Å². The van der Waals surface area contributed by atoms with Crippen molar-refractivity contribution in [3.8, 4) is 0 Å². The second kappa shape index (κ2) is 5.34. The number of aliphatic hydroxyl groups excluding tert-OH is 1. The highest BCUT2D eigenvalue weighted by atomic mass is 16.3. The summed E-state index contributed by atoms with van der Waals surface area (Å²) < 4.78 is 0. The largest absolute Gasteiger partial charge is 0.393 e. The monoisotopic (exact) mass is 232 g/mol. The second-order valence-electron chi connectivity index (χ2n) is 4.73. The van der Waals surface area contributed by atoms with E-state index in [2.05, 4.69) is 35.4 Å². The molecule has 3 nitrogen and oxygen atoms in total. The van der Waals surface area contributed by atoms with Gasteiger partial charge in [-0.25, -0.2) is 0 Å². The Hall–Kier alpha value is -1.32. The van der Waals surface area contributed by atoms with Crippen LogP contribution in [0.4, 0.5) is 0 Å². The number of para-hydroxylation sites is 1. The van der Waals surface area contributed by atoms with Crippen molar-refractivity contribution in [1.29, 1.82) is 0 Å². The Bertz CT molecular complexity index is 476. The lowest BCUT2D eigenvalue weighted by Gasteiger charge is -2.14. The third kappa shape index (κ3) is 3.08. The molecular weight excluding hydrogens is 212 g/mol. The lowest BCUT2D eigenvalue weighted by atomic mass is 10.1. The van der Waals surface area contributed by atoms with Gasteiger partial charge in [0.1, 0.15) is 0 Å². The highest BCUT2D eigenvalue weighted by Crippen LogP contribution is 2.17. The molecule has 3 N–H and O–H groups in total. The van der Waals surface area contributed by atoms with Crippen molar-refractivity contribution in [2.75, 3.05) is 0 Å². The minimum atomic E-state index is -0.250. The first-order valence-corrected chi connectivity index (χ1v) is 6.13. The highest BCUT2D eigenvalue weighted by Gasteiger charge is 2.07. The van der Waals surface area contributed by atoms with Crippen molar-refractivity contribution in [2.24, 2.45) is 0 Å². The molecule has 2 aromatic rings. The minimum Gasteiger partial charge on any atom is -0.393 e. The highest BCUT2D eigenvalue weighted by molar-refractivity contribution is 5.82. The van der Waals surface area contributed by atoms with Gasteiger partial charge in [-0.3, -0.25) is 0 Å². The standard InChI is InChI=1S/C14H20N2O/c1-10(7-11(2)17)15-8-12-9-16-14-6-4-3-5-13(12)14/h3-6,9-11,15-17H,7-8H2,1-2H3. The van der Waals surface area contributed by atoms with E-state index in [9.17, 15) is 5.11 Å². The van der Waals surface area contributed by atoms with Gasteiger partial charge in [-0.15, -0.1) is 0 Å². The predicted molar refractivity (Wildman–Crippen MR) is 70.9 cm³/mol. The average molecular weight is 232 g/mol. The second-order valence-corrected chi connectivity index (χ2v) is 4.73. The van der Waals surface area contributed by atoms with E-state index in [1.807, 2.05) is 19.2 Å². The average Bonchev–Trinajstić information content (AvgIpc) is 2.69. The third-order valence-corrected chi connectivity index (χ3v) is 3.01. The summed E-state index contributed by atoms with van der Waals surface area (Å²) in [6.07, 6.45) is 2.58. The Labute approximate surface area is 102 Å². The first-order valence-electron chi connectivity index (χ1n) is 6.13. The number of hydrogen-bond acceptors (Lipinski definition) is 2. The number of fused-ring (bicyclic) bond motifs is 1. The van der Waals surface area contributed by atoms with Crippen LogP contribution < -0.4 is 5.32 Å². The van der Waals surface area contributed by atoms with Crippen LogP contribution in [0.2, 0.25) is 0 Å². The van der Waals surface area contributed by atoms with E-state index in [0.29, 0.717) is 6.04 Å². The maximum atomic E-state index is 9.31. The molecule has 1 heterocycles. The van der Waals surface area contributed by atoms with Crippen molar-refractivity contribution in [1.82, 2.24) is 10.3 Å². The Balaban J connectivity index is 1.99. The predicted octanol–water partition coefficient (Wildman–Crippen LogP) is 2.42. The summed E-state index contributed by atoms with van der Waals surface area (Å²) in [4.78, 5) is 3.26. The molecule has 0 aliphatic rings. The molecule has 0 aliphatic heterocycles. The van der Waals surface area contributed by atoms with Gasteiger partial charge in [-0.1, -0.05) is 18.2 Å². The molecule has 0 radical (unpaired) electrons. The van der Waals surface area contributed by atoms with Gasteiger partial charge in [0.2, 0.25) is 0 Å². The number of nitrogens with one attached hydrogen (secondary N) is 2. The molecule has 2 rings (SSSR count). The Morgan fingerprint density at radius 1 is 1.29 bits per heavy atom. The molecule has 1 aromatic carbocycles. The lowest BCUT2D eigenvalue weighted by Crippen LogP contribution is -2.28. The molecule has 0 spiro atoms. The van der Waals surface area contributed by atoms with E-state index in [1.165, 1.54) is 16.5 Å². The van der Waals surface area contributed by atoms with Crippen LogP contribution in [0.5, 0.6) is 0 Å². The summed E-state index contributed by atoms with van der Waals surface area (Å²) >= 11 is 0. The van der Waals surface area contributed by atoms with Crippen LogP contribution in [-0.4, -0.2) is 22.2 Å². The van der Waals surface area contributed by atoms with Gasteiger partial charge in [-0.2, -0.15) is 0 Å². The van der Waals surface area contributed by atoms with E-state index in [4.69, 9.17) is 0 Å². The van der Waals surface area contributed by atoms with Crippen LogP contribution >= 0.6 is 0 Å². The number of hydrogen-bond donors (Lipinski definition) is 3. The SMILES string of the molecule is CC(O)CC(C)NCc1c[nH]c2ccccc12. The normalized spacial score (nSPS) is 15.0. The van der Waals surface area contributed by atoms with Gasteiger partial charge in [-0.05, 0) is 31.9 Å². The molecule has 0 fully saturated rings. The molecular formula is C14H20N2O. The minimum absolute atomic E-state index is 0.250. The van der Waals surface area contributed by atoms with Crippen molar-refractivity contribution < 1.29 is 5.11 Å². The molecule has 3 heteroatoms. The van der Waals surface area contributed by atoms with E-state index in [-0.39, 0.29) is 6.10 Å². The van der Waals surface area contributed by atoms with Crippen LogP contribution in [0.25, 0.3) is 10.9 Å². The fourth-order valence-corrected chi connectivity index (χ4v) is 2.16. The quantitative estimate of drug-likeness (QED) is 0.741. The Morgan fingerprint density at radius 3 is 2.82 bits per heavy atom. The molecule has 2 atom stereocenters. The maximum absolute atomic E-state index is 9.31. The number of H-pyrrole nitrogens is 1. The van der Waals surface area contributed by atoms with Gasteiger partial charge in [0.05, 0.1) is 6.10 Å². The number of aromatic amines is 1. The van der Waals surface area contributed by atoms with Crippen LogP contribution in [0.15, 0.2) is 30.5 Å². The molecule has 0 amide bonds. The molecule has 0 saturated carbocycles. The van der Waals surface area contributed by atoms with Gasteiger partial charge in [0.25, 0.3) is 0 Å². The summed E-state index contributed by atoms with van der Waals surface area (Å²) in [5.41, 5.74) is 2.45. The van der Waals surface area contributed by atoms with Crippen LogP contribution in [-0.2, 0) is 6.54 Å². The van der Waals surface area contributed by atoms with E-state index >= 15 is 0 Å². The van der Waals surface area contributed by atoms with E-state index in [1.54, 1.807) is 0 Å². The van der Waals surface area contributed by atoms with E-state index in [0.717, 1.165) is 13.0 Å². The first-order chi connectivity index (χ1) is 8.16. The van der Waals surface area contributed by atoms with Gasteiger partial charge in [0, 0.05) is 29.7 Å². The zero-order valence-corrected chi connectivity index (χ0v) is 10.4. The number of aromatic nitrogens is 1. The van der Waals surface area contributed by atoms with Crippen LogP contribution in [0.1, 0.15) is 25.8 Å². The number of benzene rings is 1. The van der Waals surface area contributed by atoms with E-state index < -0.39 is 0 Å². The molecule has 1 aromatic heterocycles. The Morgan fingerprint density at radius 2 is 2.06 bits per heavy atom. The molecule has 17 heavy (non-hydrogen) atoms. The summed E-state index contributed by atoms with van der Waals surface area (Å²) in [5, 5.41) is 14.0. The van der Waals surface area contributed by atoms with Gasteiger partial charge >= 0.3 is 0 Å². The van der Waals surface area contributed by atoms with Crippen LogP contribution in [0.3, 0.4) is 0 Å². The summed E-state index contributed by atoms with van der Waals surface area (Å²) in [7, 11) is 0. The molecule has 0 saturated heterocycles.